The molecule has 8 nitrogen and oxygen atoms in total. The van der Waals surface area contributed by atoms with Crippen LogP contribution in [0.4, 0.5) is 10.6 Å². The van der Waals surface area contributed by atoms with Gasteiger partial charge in [0.2, 0.25) is 10.3 Å². The number of halogens is 1. The van der Waals surface area contributed by atoms with Crippen molar-refractivity contribution in [2.75, 3.05) is 31.1 Å². The molecule has 3 N–H and O–H groups in total. The van der Waals surface area contributed by atoms with Crippen LogP contribution in [0.1, 0.15) is 26.2 Å². The molecular formula is C17H23ClN4O4S. The molecule has 1 aliphatic rings. The summed E-state index contributed by atoms with van der Waals surface area (Å²) in [5.74, 6) is 6.81. The lowest BCUT2D eigenvalue weighted by molar-refractivity contribution is 0.205. The molecule has 1 aliphatic heterocycles. The van der Waals surface area contributed by atoms with E-state index in [1.54, 1.807) is 6.20 Å². The quantitative estimate of drug-likeness (QED) is 0.570. The molecular weight excluding hydrogens is 392 g/mol. The molecule has 0 aliphatic carbocycles. The van der Waals surface area contributed by atoms with Crippen LogP contribution in [0.15, 0.2) is 18.3 Å². The minimum Gasteiger partial charge on any atom is -0.465 e. The van der Waals surface area contributed by atoms with Gasteiger partial charge < -0.3 is 15.7 Å². The number of aromatic nitrogens is 1. The van der Waals surface area contributed by atoms with Gasteiger partial charge in [-0.1, -0.05) is 24.4 Å². The van der Waals surface area contributed by atoms with Crippen molar-refractivity contribution in [3.63, 3.8) is 0 Å². The van der Waals surface area contributed by atoms with E-state index in [4.69, 9.17) is 21.5 Å². The third kappa shape index (κ3) is 8.77. The second-order valence-electron chi connectivity index (χ2n) is 5.56. The number of anilines is 1. The van der Waals surface area contributed by atoms with Gasteiger partial charge in [-0.15, -0.1) is 5.92 Å². The Balaban J connectivity index is 0.000000828. The van der Waals surface area contributed by atoms with E-state index in [9.17, 15) is 8.42 Å². The predicted molar refractivity (Wildman–Crippen MR) is 106 cm³/mol. The zero-order chi connectivity index (χ0) is 20.2. The van der Waals surface area contributed by atoms with Crippen molar-refractivity contribution in [2.45, 2.75) is 26.2 Å². The van der Waals surface area contributed by atoms with Gasteiger partial charge in [0.1, 0.15) is 10.8 Å². The molecule has 1 aromatic heterocycles. The third-order valence-electron chi connectivity index (χ3n) is 3.60. The number of amides is 1. The highest BCUT2D eigenvalue weighted by molar-refractivity contribution is 7.72. The van der Waals surface area contributed by atoms with Gasteiger partial charge >= 0.3 is 6.09 Å². The van der Waals surface area contributed by atoms with E-state index < -0.39 is 16.4 Å². The maximum atomic E-state index is 11.5. The van der Waals surface area contributed by atoms with Crippen LogP contribution in [0, 0.1) is 11.8 Å². The first-order valence-electron chi connectivity index (χ1n) is 8.35. The van der Waals surface area contributed by atoms with Crippen LogP contribution >= 0.6 is 11.6 Å². The summed E-state index contributed by atoms with van der Waals surface area (Å²) >= 11 is 5.85. The number of unbranched alkanes of at least 4 members (excludes halogenated alkanes) is 1. The highest BCUT2D eigenvalue weighted by Gasteiger charge is 2.21. The van der Waals surface area contributed by atoms with Crippen LogP contribution in [-0.2, 0) is 10.3 Å². The minimum absolute atomic E-state index is 0.287. The predicted octanol–water partition coefficient (Wildman–Crippen LogP) is 1.68. The standard InChI is InChI=1S/C16H20ClN3O2S.CH3NO2/c1-2-3-4-5-6-16(23(21)22)20-11-9-19(10-12-20)15-8-7-14(17)13-18-15;2-1(3)4/h7-8,13H,2-3,6,9-12H2,1H3;2H2,(H,3,4). The third-order valence-corrected chi connectivity index (χ3v) is 4.61. The highest BCUT2D eigenvalue weighted by atomic mass is 35.5. The van der Waals surface area contributed by atoms with E-state index in [2.05, 4.69) is 34.4 Å². The van der Waals surface area contributed by atoms with Crippen LogP contribution in [0.25, 0.3) is 0 Å². The summed E-state index contributed by atoms with van der Waals surface area (Å²) in [4.78, 5) is 17.5. The lowest BCUT2D eigenvalue weighted by atomic mass is 10.2. The second-order valence-corrected chi connectivity index (χ2v) is 6.93. The largest absolute Gasteiger partial charge is 0.465 e. The topological polar surface area (TPSA) is 117 Å². The van der Waals surface area contributed by atoms with Gasteiger partial charge in [0.05, 0.1) is 11.4 Å². The van der Waals surface area contributed by atoms with Crippen molar-refractivity contribution in [3.8, 4) is 11.8 Å². The molecule has 148 valence electrons. The Morgan fingerprint density at radius 2 is 1.93 bits per heavy atom. The van der Waals surface area contributed by atoms with E-state index in [0.29, 0.717) is 23.1 Å². The summed E-state index contributed by atoms with van der Waals surface area (Å²) in [5.41, 5.74) is 4.03. The Bertz CT molecular complexity index is 796. The first-order chi connectivity index (χ1) is 12.8. The van der Waals surface area contributed by atoms with Crippen LogP contribution in [0.2, 0.25) is 5.02 Å². The summed E-state index contributed by atoms with van der Waals surface area (Å²) in [6.07, 6.45) is 2.36. The molecule has 0 aromatic carbocycles. The van der Waals surface area contributed by atoms with Gasteiger partial charge in [-0.25, -0.2) is 9.78 Å². The van der Waals surface area contributed by atoms with E-state index in [0.717, 1.165) is 31.7 Å². The lowest BCUT2D eigenvalue weighted by Crippen LogP contribution is -2.49. The summed E-state index contributed by atoms with van der Waals surface area (Å²) in [5, 5.41) is 7.80. The number of piperazine rings is 1. The normalized spacial score (nSPS) is 13.6. The SMILES string of the molecule is CCCC#CCC(N1CCN(c2ccc(Cl)cn2)CC1)=S(=O)=O.NC(=O)O. The first-order valence-corrected chi connectivity index (χ1v) is 9.81. The van der Waals surface area contributed by atoms with Crippen LogP contribution in [0.3, 0.4) is 0 Å². The molecule has 1 saturated heterocycles. The molecule has 0 spiro atoms. The number of rotatable bonds is 3. The number of primary amides is 1. The molecule has 0 bridgehead atoms. The molecule has 1 amide bonds. The van der Waals surface area contributed by atoms with Gasteiger partial charge in [-0.05, 0) is 18.6 Å². The van der Waals surface area contributed by atoms with Crippen LogP contribution in [0.5, 0.6) is 0 Å². The monoisotopic (exact) mass is 414 g/mol. The summed E-state index contributed by atoms with van der Waals surface area (Å²) in [7, 11) is -2.23. The van der Waals surface area contributed by atoms with Crippen molar-refractivity contribution in [1.82, 2.24) is 9.88 Å². The maximum Gasteiger partial charge on any atom is 0.402 e. The Morgan fingerprint density at radius 3 is 2.41 bits per heavy atom. The van der Waals surface area contributed by atoms with Crippen LogP contribution < -0.4 is 10.6 Å². The summed E-state index contributed by atoms with van der Waals surface area (Å²) < 4.78 is 22.9. The Morgan fingerprint density at radius 1 is 1.30 bits per heavy atom. The smallest absolute Gasteiger partial charge is 0.402 e. The number of nitrogens with two attached hydrogens (primary N) is 1. The van der Waals surface area contributed by atoms with Gasteiger partial charge in [-0.3, -0.25) is 4.90 Å². The molecule has 2 rings (SSSR count). The molecule has 2 heterocycles. The molecule has 0 unspecified atom stereocenters. The fourth-order valence-corrected chi connectivity index (χ4v) is 3.06. The Kier molecular flexibility index (Phi) is 10.3. The van der Waals surface area contributed by atoms with E-state index in [1.807, 2.05) is 17.0 Å². The van der Waals surface area contributed by atoms with Crippen molar-refractivity contribution < 1.29 is 18.3 Å². The van der Waals surface area contributed by atoms with Gasteiger partial charge in [0.15, 0.2) is 0 Å². The Hall–Kier alpha value is -2.28. The summed E-state index contributed by atoms with van der Waals surface area (Å²) in [6.45, 7) is 4.77. The fraction of sp³-hybridized carbons (Fsp3) is 0.471. The van der Waals surface area contributed by atoms with E-state index in [1.165, 1.54) is 0 Å². The number of carboxylic acid groups (broad SMARTS) is 1. The number of pyridine rings is 1. The second kappa shape index (κ2) is 12.2. The molecule has 0 saturated carbocycles. The molecule has 10 heteroatoms. The summed E-state index contributed by atoms with van der Waals surface area (Å²) in [6, 6.07) is 3.69. The van der Waals surface area contributed by atoms with Gasteiger partial charge in [0.25, 0.3) is 0 Å². The lowest BCUT2D eigenvalue weighted by Gasteiger charge is -2.34. The van der Waals surface area contributed by atoms with E-state index in [-0.39, 0.29) is 6.42 Å². The molecule has 1 aromatic rings. The van der Waals surface area contributed by atoms with Crippen molar-refractivity contribution >= 4 is 38.8 Å². The molecule has 0 radical (unpaired) electrons. The average molecular weight is 415 g/mol. The number of hydrogen-bond acceptors (Lipinski definition) is 5. The Labute approximate surface area is 165 Å². The first kappa shape index (κ1) is 22.8. The molecule has 27 heavy (non-hydrogen) atoms. The van der Waals surface area contributed by atoms with E-state index >= 15 is 0 Å². The average Bonchev–Trinajstić information content (AvgIpc) is 2.62. The van der Waals surface area contributed by atoms with Gasteiger partial charge in [0, 0.05) is 38.8 Å². The number of carbonyl (C=O) groups is 1. The molecule has 0 atom stereocenters. The fourth-order valence-electron chi connectivity index (χ4n) is 2.37. The molecule has 1 fully saturated rings. The van der Waals surface area contributed by atoms with Crippen molar-refractivity contribution in [2.24, 2.45) is 5.73 Å². The van der Waals surface area contributed by atoms with Gasteiger partial charge in [-0.2, -0.15) is 8.42 Å². The minimum atomic E-state index is -2.23. The van der Waals surface area contributed by atoms with Crippen molar-refractivity contribution in [1.29, 1.82) is 0 Å². The zero-order valence-electron chi connectivity index (χ0n) is 15.1. The maximum absolute atomic E-state index is 11.5. The van der Waals surface area contributed by atoms with Crippen molar-refractivity contribution in [3.05, 3.63) is 23.4 Å². The zero-order valence-corrected chi connectivity index (χ0v) is 16.6. The highest BCUT2D eigenvalue weighted by Crippen LogP contribution is 2.16. The number of hydrogen-bond donors (Lipinski definition) is 2. The van der Waals surface area contributed by atoms with Crippen LogP contribution in [-0.4, -0.2) is 60.7 Å². The number of nitrogens with zero attached hydrogens (tertiary/aromatic N) is 3.